The first-order valence-corrected chi connectivity index (χ1v) is 10.2. The minimum absolute atomic E-state index is 0.0627. The minimum Gasteiger partial charge on any atom is -0.407 e. The lowest BCUT2D eigenvalue weighted by Crippen LogP contribution is -2.32. The molecule has 1 N–H and O–H groups in total. The number of nitro groups is 1. The Morgan fingerprint density at radius 1 is 1.39 bits per heavy atom. The molecule has 0 bridgehead atoms. The maximum atomic E-state index is 12.5. The van der Waals surface area contributed by atoms with Crippen LogP contribution in [0, 0.1) is 16.0 Å². The lowest BCUT2D eigenvalue weighted by Gasteiger charge is -2.18. The number of benzene rings is 1. The summed E-state index contributed by atoms with van der Waals surface area (Å²) >= 11 is 0. The van der Waals surface area contributed by atoms with Crippen molar-refractivity contribution in [2.45, 2.75) is 58.0 Å². The first-order chi connectivity index (χ1) is 14.8. The van der Waals surface area contributed by atoms with Crippen LogP contribution in [0.15, 0.2) is 31.9 Å². The smallest absolute Gasteiger partial charge is 0.407 e. The van der Waals surface area contributed by atoms with E-state index in [9.17, 15) is 19.7 Å². The summed E-state index contributed by atoms with van der Waals surface area (Å²) in [6.07, 6.45) is 2.69. The normalized spacial score (nSPS) is 14.8. The predicted octanol–water partition coefficient (Wildman–Crippen LogP) is 3.06. The van der Waals surface area contributed by atoms with Gasteiger partial charge in [0.25, 0.3) is 5.69 Å². The van der Waals surface area contributed by atoms with E-state index in [0.717, 1.165) is 12.8 Å². The number of amides is 1. The summed E-state index contributed by atoms with van der Waals surface area (Å²) in [7, 11) is 0. The van der Waals surface area contributed by atoms with Gasteiger partial charge in [0.05, 0.1) is 16.5 Å². The molecule has 1 aromatic carbocycles. The molecular formula is C20H23N5O6. The number of non-ortho nitro benzene ring substituents is 1. The van der Waals surface area contributed by atoms with Gasteiger partial charge in [-0.25, -0.2) is 4.79 Å². The zero-order chi connectivity index (χ0) is 22.1. The summed E-state index contributed by atoms with van der Waals surface area (Å²) in [5.74, 6) is 0.722. The molecule has 2 aromatic heterocycles. The number of aromatic nitrogens is 3. The van der Waals surface area contributed by atoms with Crippen molar-refractivity contribution in [3.63, 3.8) is 0 Å². The number of fused-ring (bicyclic) bond motifs is 1. The number of nitrogens with one attached hydrogen (secondary N) is 1. The molecule has 164 valence electrons. The number of hydrogen-bond donors (Lipinski definition) is 1. The van der Waals surface area contributed by atoms with E-state index in [1.54, 1.807) is 0 Å². The Balaban J connectivity index is 1.37. The van der Waals surface area contributed by atoms with Crippen LogP contribution in [-0.2, 0) is 11.3 Å². The van der Waals surface area contributed by atoms with Crippen molar-refractivity contribution >= 4 is 22.7 Å². The molecule has 1 saturated carbocycles. The van der Waals surface area contributed by atoms with Crippen molar-refractivity contribution in [3.05, 3.63) is 50.6 Å². The van der Waals surface area contributed by atoms with Crippen LogP contribution < -0.4 is 11.1 Å². The second kappa shape index (κ2) is 8.32. The second-order valence-corrected chi connectivity index (χ2v) is 8.09. The molecule has 1 unspecified atom stereocenters. The van der Waals surface area contributed by atoms with Crippen molar-refractivity contribution in [2.75, 3.05) is 0 Å². The van der Waals surface area contributed by atoms with E-state index in [2.05, 4.69) is 15.5 Å². The molecule has 0 aliphatic heterocycles. The van der Waals surface area contributed by atoms with Crippen LogP contribution >= 0.6 is 0 Å². The quantitative estimate of drug-likeness (QED) is 0.403. The molecule has 4 rings (SSSR count). The lowest BCUT2D eigenvalue weighted by atomic mass is 10.0. The summed E-state index contributed by atoms with van der Waals surface area (Å²) in [6.45, 7) is 4.17. The molecule has 0 spiro atoms. The first kappa shape index (κ1) is 20.8. The SMILES string of the molecule is CC(C)C(NC(=O)CCCn1c(=O)oc2cc([N+](=O)[O-])ccc21)c1nc(C2CC2)no1. The zero-order valence-electron chi connectivity index (χ0n) is 17.2. The number of oxazole rings is 1. The largest absolute Gasteiger partial charge is 0.419 e. The Hall–Kier alpha value is -3.50. The molecule has 11 heteroatoms. The van der Waals surface area contributed by atoms with Crippen LogP contribution in [0.2, 0.25) is 0 Å². The number of nitro benzene ring substituents is 1. The van der Waals surface area contributed by atoms with Gasteiger partial charge in [0.15, 0.2) is 11.4 Å². The molecule has 1 amide bonds. The Labute approximate surface area is 176 Å². The van der Waals surface area contributed by atoms with Gasteiger partial charge in [0.1, 0.15) is 6.04 Å². The fourth-order valence-electron chi connectivity index (χ4n) is 3.42. The number of hydrogen-bond acceptors (Lipinski definition) is 8. The average Bonchev–Trinajstić information content (AvgIpc) is 3.37. The van der Waals surface area contributed by atoms with Gasteiger partial charge < -0.3 is 14.3 Å². The molecule has 3 aromatic rings. The van der Waals surface area contributed by atoms with Crippen molar-refractivity contribution in [2.24, 2.45) is 5.92 Å². The monoisotopic (exact) mass is 429 g/mol. The van der Waals surface area contributed by atoms with Crippen LogP contribution in [0.3, 0.4) is 0 Å². The molecule has 2 heterocycles. The molecule has 0 radical (unpaired) electrons. The molecule has 1 aliphatic rings. The average molecular weight is 429 g/mol. The summed E-state index contributed by atoms with van der Waals surface area (Å²) in [4.78, 5) is 39.4. The Morgan fingerprint density at radius 2 is 2.16 bits per heavy atom. The third kappa shape index (κ3) is 4.49. The van der Waals surface area contributed by atoms with E-state index in [4.69, 9.17) is 8.94 Å². The second-order valence-electron chi connectivity index (χ2n) is 8.09. The predicted molar refractivity (Wildman–Crippen MR) is 108 cm³/mol. The van der Waals surface area contributed by atoms with Crippen molar-refractivity contribution in [1.29, 1.82) is 0 Å². The fraction of sp³-hybridized carbons (Fsp3) is 0.500. The van der Waals surface area contributed by atoms with Crippen molar-refractivity contribution < 1.29 is 18.7 Å². The maximum absolute atomic E-state index is 12.5. The van der Waals surface area contributed by atoms with Crippen LogP contribution in [0.1, 0.15) is 63.2 Å². The third-order valence-corrected chi connectivity index (χ3v) is 5.30. The van der Waals surface area contributed by atoms with E-state index in [1.807, 2.05) is 13.8 Å². The van der Waals surface area contributed by atoms with Crippen molar-refractivity contribution in [1.82, 2.24) is 20.0 Å². The molecule has 1 atom stereocenters. The molecule has 0 saturated heterocycles. The molecule has 31 heavy (non-hydrogen) atoms. The fourth-order valence-corrected chi connectivity index (χ4v) is 3.42. The third-order valence-electron chi connectivity index (χ3n) is 5.30. The number of nitrogens with zero attached hydrogens (tertiary/aromatic N) is 4. The Kier molecular flexibility index (Phi) is 5.57. The van der Waals surface area contributed by atoms with Crippen LogP contribution in [0.5, 0.6) is 0 Å². The topological polar surface area (TPSA) is 146 Å². The molecule has 11 nitrogen and oxygen atoms in total. The van der Waals surface area contributed by atoms with E-state index >= 15 is 0 Å². The van der Waals surface area contributed by atoms with Gasteiger partial charge in [0.2, 0.25) is 11.8 Å². The summed E-state index contributed by atoms with van der Waals surface area (Å²) in [5, 5.41) is 17.8. The van der Waals surface area contributed by atoms with Gasteiger partial charge in [0, 0.05) is 24.9 Å². The highest BCUT2D eigenvalue weighted by atomic mass is 16.6. The van der Waals surface area contributed by atoms with E-state index < -0.39 is 10.7 Å². The highest BCUT2D eigenvalue weighted by Gasteiger charge is 2.31. The molecular weight excluding hydrogens is 406 g/mol. The number of carbonyl (C=O) groups is 1. The maximum Gasteiger partial charge on any atom is 0.419 e. The molecule has 1 fully saturated rings. The summed E-state index contributed by atoms with van der Waals surface area (Å²) < 4.78 is 11.8. The lowest BCUT2D eigenvalue weighted by molar-refractivity contribution is -0.384. The highest BCUT2D eigenvalue weighted by Crippen LogP contribution is 2.38. The summed E-state index contributed by atoms with van der Waals surface area (Å²) in [6, 6.07) is 3.62. The van der Waals surface area contributed by atoms with Gasteiger partial charge in [-0.05, 0) is 31.2 Å². The van der Waals surface area contributed by atoms with Crippen LogP contribution in [0.25, 0.3) is 11.1 Å². The Bertz CT molecular complexity index is 1170. The van der Waals surface area contributed by atoms with E-state index in [1.165, 1.54) is 22.8 Å². The van der Waals surface area contributed by atoms with Crippen LogP contribution in [-0.4, -0.2) is 25.5 Å². The Morgan fingerprint density at radius 3 is 2.84 bits per heavy atom. The zero-order valence-corrected chi connectivity index (χ0v) is 17.2. The number of rotatable bonds is 9. The number of carbonyl (C=O) groups excluding carboxylic acids is 1. The highest BCUT2D eigenvalue weighted by molar-refractivity contribution is 5.77. The summed E-state index contributed by atoms with van der Waals surface area (Å²) in [5.41, 5.74) is 0.444. The van der Waals surface area contributed by atoms with Crippen LogP contribution in [0.4, 0.5) is 5.69 Å². The van der Waals surface area contributed by atoms with Gasteiger partial charge in [-0.1, -0.05) is 19.0 Å². The minimum atomic E-state index is -0.616. The van der Waals surface area contributed by atoms with Gasteiger partial charge in [-0.3, -0.25) is 19.5 Å². The molecule has 1 aliphatic carbocycles. The van der Waals surface area contributed by atoms with E-state index in [-0.39, 0.29) is 42.1 Å². The van der Waals surface area contributed by atoms with Gasteiger partial charge >= 0.3 is 5.76 Å². The van der Waals surface area contributed by atoms with Gasteiger partial charge in [-0.2, -0.15) is 4.98 Å². The van der Waals surface area contributed by atoms with Crippen molar-refractivity contribution in [3.8, 4) is 0 Å². The standard InChI is InChI=1S/C20H23N5O6/c1-11(2)17(19-22-18(23-31-19)12-5-6-12)21-16(26)4-3-9-24-14-8-7-13(25(28)29)10-15(14)30-20(24)27/h7-8,10-12,17H,3-6,9H2,1-2H3,(H,21,26). The number of aryl methyl sites for hydroxylation is 1. The van der Waals surface area contributed by atoms with E-state index in [0.29, 0.717) is 29.6 Å². The van der Waals surface area contributed by atoms with Gasteiger partial charge in [-0.15, -0.1) is 0 Å². The first-order valence-electron chi connectivity index (χ1n) is 10.2.